The van der Waals surface area contributed by atoms with Gasteiger partial charge in [-0.25, -0.2) is 0 Å². The van der Waals surface area contributed by atoms with Gasteiger partial charge in [0.05, 0.1) is 5.69 Å². The van der Waals surface area contributed by atoms with Gasteiger partial charge in [-0.1, -0.05) is 50.6 Å². The van der Waals surface area contributed by atoms with Crippen LogP contribution in [0.1, 0.15) is 38.8 Å². The molecule has 3 nitrogen and oxygen atoms in total. The quantitative estimate of drug-likeness (QED) is 0.880. The molecule has 1 aromatic heterocycles. The van der Waals surface area contributed by atoms with Crippen LogP contribution in [0.4, 0.5) is 0 Å². The Morgan fingerprint density at radius 1 is 1.16 bits per heavy atom. The maximum absolute atomic E-state index is 12.2. The van der Waals surface area contributed by atoms with Crippen molar-refractivity contribution < 1.29 is 0 Å². The van der Waals surface area contributed by atoms with Crippen LogP contribution in [0, 0.1) is 6.92 Å². The lowest BCUT2D eigenvalue weighted by Crippen LogP contribution is -2.21. The molecule has 3 heteroatoms. The predicted octanol–water partition coefficient (Wildman–Crippen LogP) is 3.47. The van der Waals surface area contributed by atoms with Crippen LogP contribution in [0.5, 0.6) is 0 Å². The van der Waals surface area contributed by atoms with Gasteiger partial charge in [-0.15, -0.1) is 0 Å². The van der Waals surface area contributed by atoms with Gasteiger partial charge in [0.25, 0.3) is 5.56 Å². The monoisotopic (exact) mass is 258 g/mol. The lowest BCUT2D eigenvalue weighted by Gasteiger charge is -2.19. The van der Waals surface area contributed by atoms with Crippen molar-refractivity contribution in [1.82, 2.24) is 9.78 Å². The normalized spacial score (nSPS) is 11.8. The van der Waals surface area contributed by atoms with Crippen LogP contribution in [0.25, 0.3) is 11.3 Å². The minimum atomic E-state index is -0.172. The minimum Gasteiger partial charge on any atom is -0.284 e. The van der Waals surface area contributed by atoms with E-state index in [0.29, 0.717) is 0 Å². The van der Waals surface area contributed by atoms with Crippen LogP contribution in [0.2, 0.25) is 0 Å². The summed E-state index contributed by atoms with van der Waals surface area (Å²) < 4.78 is 1.94. The fourth-order valence-electron chi connectivity index (χ4n) is 2.42. The van der Waals surface area contributed by atoms with Gasteiger partial charge in [0.2, 0.25) is 0 Å². The summed E-state index contributed by atoms with van der Waals surface area (Å²) in [6, 6.07) is 8.33. The SMILES string of the molecule is CCn1[nH]c(=O)c(C(C)(C)C)c1-c1ccc(C)cc1. The molecule has 2 aromatic rings. The summed E-state index contributed by atoms with van der Waals surface area (Å²) in [5.41, 5.74) is 4.04. The van der Waals surface area contributed by atoms with E-state index >= 15 is 0 Å². The fraction of sp³-hybridized carbons (Fsp3) is 0.438. The fourth-order valence-corrected chi connectivity index (χ4v) is 2.42. The van der Waals surface area contributed by atoms with E-state index in [4.69, 9.17) is 0 Å². The molecular weight excluding hydrogens is 236 g/mol. The molecule has 2 rings (SSSR count). The largest absolute Gasteiger partial charge is 0.284 e. The first-order valence-electron chi connectivity index (χ1n) is 6.75. The number of aryl methyl sites for hydroxylation is 2. The van der Waals surface area contributed by atoms with Crippen molar-refractivity contribution in [2.24, 2.45) is 0 Å². The van der Waals surface area contributed by atoms with E-state index in [1.807, 2.05) is 11.6 Å². The van der Waals surface area contributed by atoms with Gasteiger partial charge in [0.15, 0.2) is 0 Å². The average Bonchev–Trinajstić information content (AvgIpc) is 2.66. The number of benzene rings is 1. The van der Waals surface area contributed by atoms with E-state index in [1.54, 1.807) is 0 Å². The Kier molecular flexibility index (Phi) is 3.40. The summed E-state index contributed by atoms with van der Waals surface area (Å²) in [7, 11) is 0. The van der Waals surface area contributed by atoms with E-state index < -0.39 is 0 Å². The maximum Gasteiger partial charge on any atom is 0.268 e. The average molecular weight is 258 g/mol. The Bertz CT molecular complexity index is 624. The van der Waals surface area contributed by atoms with Crippen molar-refractivity contribution in [2.75, 3.05) is 0 Å². The lowest BCUT2D eigenvalue weighted by atomic mass is 9.85. The number of H-pyrrole nitrogens is 1. The maximum atomic E-state index is 12.2. The molecule has 0 aliphatic heterocycles. The predicted molar refractivity (Wildman–Crippen MR) is 79.6 cm³/mol. The summed E-state index contributed by atoms with van der Waals surface area (Å²) in [6.45, 7) is 11.1. The molecule has 0 aliphatic rings. The van der Waals surface area contributed by atoms with Crippen molar-refractivity contribution >= 4 is 0 Å². The van der Waals surface area contributed by atoms with Gasteiger partial charge in [-0.2, -0.15) is 0 Å². The molecule has 0 aliphatic carbocycles. The zero-order valence-electron chi connectivity index (χ0n) is 12.4. The molecule has 0 spiro atoms. The summed E-state index contributed by atoms with van der Waals surface area (Å²) in [5.74, 6) is 0. The Morgan fingerprint density at radius 2 is 1.74 bits per heavy atom. The topological polar surface area (TPSA) is 37.8 Å². The number of rotatable bonds is 2. The zero-order valence-corrected chi connectivity index (χ0v) is 12.4. The summed E-state index contributed by atoms with van der Waals surface area (Å²) in [5, 5.41) is 2.94. The summed E-state index contributed by atoms with van der Waals surface area (Å²) >= 11 is 0. The van der Waals surface area contributed by atoms with Crippen molar-refractivity contribution in [1.29, 1.82) is 0 Å². The number of nitrogens with zero attached hydrogens (tertiary/aromatic N) is 1. The zero-order chi connectivity index (χ0) is 14.2. The van der Waals surface area contributed by atoms with Crippen LogP contribution in [-0.2, 0) is 12.0 Å². The molecule has 102 valence electrons. The lowest BCUT2D eigenvalue weighted by molar-refractivity contribution is 0.586. The van der Waals surface area contributed by atoms with E-state index in [2.05, 4.69) is 57.1 Å². The molecule has 0 unspecified atom stereocenters. The van der Waals surface area contributed by atoms with Gasteiger partial charge in [-0.05, 0) is 19.3 Å². The van der Waals surface area contributed by atoms with Gasteiger partial charge < -0.3 is 0 Å². The molecule has 19 heavy (non-hydrogen) atoms. The van der Waals surface area contributed by atoms with Gasteiger partial charge in [0.1, 0.15) is 0 Å². The number of hydrogen-bond donors (Lipinski definition) is 1. The Labute approximate surface area is 114 Å². The highest BCUT2D eigenvalue weighted by Crippen LogP contribution is 2.30. The first-order chi connectivity index (χ1) is 8.84. The molecule has 1 aromatic carbocycles. The molecule has 0 amide bonds. The van der Waals surface area contributed by atoms with E-state index in [0.717, 1.165) is 23.4 Å². The molecule has 1 heterocycles. The number of aromatic amines is 1. The van der Waals surface area contributed by atoms with Crippen molar-refractivity contribution in [3.63, 3.8) is 0 Å². The highest BCUT2D eigenvalue weighted by atomic mass is 16.1. The smallest absolute Gasteiger partial charge is 0.268 e. The van der Waals surface area contributed by atoms with Crippen LogP contribution in [0.3, 0.4) is 0 Å². The molecule has 0 saturated carbocycles. The number of hydrogen-bond acceptors (Lipinski definition) is 1. The van der Waals surface area contributed by atoms with E-state index in [9.17, 15) is 4.79 Å². The highest BCUT2D eigenvalue weighted by Gasteiger charge is 2.26. The second-order valence-corrected chi connectivity index (χ2v) is 6.02. The van der Waals surface area contributed by atoms with Crippen molar-refractivity contribution in [3.05, 3.63) is 45.7 Å². The van der Waals surface area contributed by atoms with Crippen LogP contribution < -0.4 is 5.56 Å². The third-order valence-corrected chi connectivity index (χ3v) is 3.36. The van der Waals surface area contributed by atoms with Crippen LogP contribution in [-0.4, -0.2) is 9.78 Å². The first-order valence-corrected chi connectivity index (χ1v) is 6.75. The number of aromatic nitrogens is 2. The van der Waals surface area contributed by atoms with Crippen LogP contribution >= 0.6 is 0 Å². The Balaban J connectivity index is 2.74. The number of nitrogens with one attached hydrogen (secondary N) is 1. The Morgan fingerprint density at radius 3 is 2.21 bits per heavy atom. The molecule has 0 bridgehead atoms. The van der Waals surface area contributed by atoms with E-state index in [-0.39, 0.29) is 11.0 Å². The van der Waals surface area contributed by atoms with Crippen molar-refractivity contribution in [3.8, 4) is 11.3 Å². The minimum absolute atomic E-state index is 0.0184. The first kappa shape index (κ1) is 13.7. The van der Waals surface area contributed by atoms with Gasteiger partial charge in [0, 0.05) is 17.7 Å². The third kappa shape index (κ3) is 2.50. The summed E-state index contributed by atoms with van der Waals surface area (Å²) in [6.07, 6.45) is 0. The third-order valence-electron chi connectivity index (χ3n) is 3.36. The van der Waals surface area contributed by atoms with Gasteiger partial charge >= 0.3 is 0 Å². The molecular formula is C16H22N2O. The molecule has 1 N–H and O–H groups in total. The molecule has 0 saturated heterocycles. The van der Waals surface area contributed by atoms with Crippen molar-refractivity contribution in [2.45, 2.75) is 46.6 Å². The second kappa shape index (κ2) is 4.72. The highest BCUT2D eigenvalue weighted by molar-refractivity contribution is 5.65. The standard InChI is InChI=1S/C16H22N2O/c1-6-18-14(12-9-7-11(2)8-10-12)13(15(19)17-18)16(3,4)5/h7-10H,6H2,1-5H3,(H,17,19). The molecule has 0 radical (unpaired) electrons. The second-order valence-electron chi connectivity index (χ2n) is 6.02. The Hall–Kier alpha value is -1.77. The summed E-state index contributed by atoms with van der Waals surface area (Å²) in [4.78, 5) is 12.2. The van der Waals surface area contributed by atoms with Crippen LogP contribution in [0.15, 0.2) is 29.1 Å². The molecule has 0 fully saturated rings. The molecule has 0 atom stereocenters. The van der Waals surface area contributed by atoms with Gasteiger partial charge in [-0.3, -0.25) is 14.6 Å². The van der Waals surface area contributed by atoms with E-state index in [1.165, 1.54) is 5.56 Å².